The molecular formula is C19H31NO. The third-order valence-electron chi connectivity index (χ3n) is 3.62. The molecule has 0 fully saturated rings. The largest absolute Gasteiger partial charge is 0.302 e. The van der Waals surface area contributed by atoms with E-state index < -0.39 is 0 Å². The summed E-state index contributed by atoms with van der Waals surface area (Å²) in [7, 11) is 0. The number of nitrogens with one attached hydrogen (secondary N) is 1. The van der Waals surface area contributed by atoms with Gasteiger partial charge in [-0.25, -0.2) is 0 Å². The van der Waals surface area contributed by atoms with Gasteiger partial charge >= 0.3 is 0 Å². The summed E-state index contributed by atoms with van der Waals surface area (Å²) < 4.78 is 0. The van der Waals surface area contributed by atoms with Crippen LogP contribution in [0.5, 0.6) is 0 Å². The van der Waals surface area contributed by atoms with E-state index in [9.17, 15) is 4.79 Å². The molecule has 1 rings (SSSR count). The Labute approximate surface area is 130 Å². The van der Waals surface area contributed by atoms with Crippen molar-refractivity contribution in [2.45, 2.75) is 73.4 Å². The molecule has 21 heavy (non-hydrogen) atoms. The van der Waals surface area contributed by atoms with Gasteiger partial charge in [-0.2, -0.15) is 0 Å². The van der Waals surface area contributed by atoms with Crippen molar-refractivity contribution in [3.8, 4) is 0 Å². The van der Waals surface area contributed by atoms with Gasteiger partial charge in [-0.05, 0) is 52.0 Å². The van der Waals surface area contributed by atoms with Crippen molar-refractivity contribution < 1.29 is 4.79 Å². The Morgan fingerprint density at radius 2 is 1.71 bits per heavy atom. The molecular weight excluding hydrogens is 258 g/mol. The molecule has 2 nitrogen and oxygen atoms in total. The Bertz CT molecular complexity index is 509. The maximum atomic E-state index is 12.7. The fourth-order valence-electron chi connectivity index (χ4n) is 3.35. The lowest BCUT2D eigenvalue weighted by Gasteiger charge is -2.35. The Hall–Kier alpha value is -1.15. The smallest absolute Gasteiger partial charge is 0.179 e. The number of carbonyl (C=O) groups is 1. The molecule has 0 bridgehead atoms. The minimum Gasteiger partial charge on any atom is -0.302 e. The van der Waals surface area contributed by atoms with Gasteiger partial charge in [0.1, 0.15) is 0 Å². The Morgan fingerprint density at radius 3 is 2.19 bits per heavy atom. The maximum absolute atomic E-state index is 12.7. The van der Waals surface area contributed by atoms with Gasteiger partial charge in [-0.3, -0.25) is 4.79 Å². The van der Waals surface area contributed by atoms with Gasteiger partial charge in [0.25, 0.3) is 0 Å². The van der Waals surface area contributed by atoms with E-state index in [2.05, 4.69) is 52.9 Å². The van der Waals surface area contributed by atoms with E-state index in [0.29, 0.717) is 0 Å². The zero-order valence-electron chi connectivity index (χ0n) is 14.9. The van der Waals surface area contributed by atoms with Crippen molar-refractivity contribution in [3.63, 3.8) is 0 Å². The van der Waals surface area contributed by atoms with Crippen LogP contribution in [-0.2, 0) is 0 Å². The molecule has 1 N–H and O–H groups in total. The SMILES string of the molecule is Cc1ccc(C(=O)C(C)NC(C)(C)CC(C)(C)C)c(C)c1. The highest BCUT2D eigenvalue weighted by molar-refractivity contribution is 6.01. The number of hydrogen-bond donors (Lipinski definition) is 1. The fourth-order valence-corrected chi connectivity index (χ4v) is 3.35. The number of carbonyl (C=O) groups excluding carboxylic acids is 1. The third kappa shape index (κ3) is 5.62. The van der Waals surface area contributed by atoms with Gasteiger partial charge in [-0.15, -0.1) is 0 Å². The molecule has 0 heterocycles. The summed E-state index contributed by atoms with van der Waals surface area (Å²) in [5, 5.41) is 3.50. The Kier molecular flexibility index (Phi) is 5.38. The van der Waals surface area contributed by atoms with E-state index in [1.165, 1.54) is 5.56 Å². The molecule has 118 valence electrons. The van der Waals surface area contributed by atoms with E-state index in [-0.39, 0.29) is 22.8 Å². The monoisotopic (exact) mass is 289 g/mol. The van der Waals surface area contributed by atoms with Crippen LogP contribution >= 0.6 is 0 Å². The lowest BCUT2D eigenvalue weighted by molar-refractivity contribution is 0.0920. The molecule has 0 radical (unpaired) electrons. The standard InChI is InChI=1S/C19H31NO/c1-13-9-10-16(14(2)11-13)17(21)15(3)20-19(7,8)12-18(4,5)6/h9-11,15,20H,12H2,1-8H3. The van der Waals surface area contributed by atoms with Crippen LogP contribution in [0.2, 0.25) is 0 Å². The summed E-state index contributed by atoms with van der Waals surface area (Å²) in [5.74, 6) is 0.175. The number of aryl methyl sites for hydroxylation is 2. The summed E-state index contributed by atoms with van der Waals surface area (Å²) in [5.41, 5.74) is 3.25. The molecule has 0 amide bonds. The van der Waals surface area contributed by atoms with Crippen molar-refractivity contribution in [2.75, 3.05) is 0 Å². The lowest BCUT2D eigenvalue weighted by Crippen LogP contribution is -2.49. The van der Waals surface area contributed by atoms with Crippen LogP contribution in [0.3, 0.4) is 0 Å². The molecule has 0 aliphatic heterocycles. The first-order valence-electron chi connectivity index (χ1n) is 7.80. The first-order valence-corrected chi connectivity index (χ1v) is 7.80. The quantitative estimate of drug-likeness (QED) is 0.797. The third-order valence-corrected chi connectivity index (χ3v) is 3.62. The van der Waals surface area contributed by atoms with Crippen molar-refractivity contribution in [3.05, 3.63) is 34.9 Å². The molecule has 0 aliphatic carbocycles. The lowest BCUT2D eigenvalue weighted by atomic mass is 9.81. The number of hydrogen-bond acceptors (Lipinski definition) is 2. The molecule has 0 saturated heterocycles. The predicted molar refractivity (Wildman–Crippen MR) is 91.0 cm³/mol. The minimum atomic E-state index is -0.177. The van der Waals surface area contributed by atoms with Crippen LogP contribution < -0.4 is 5.32 Å². The Balaban J connectivity index is 2.83. The molecule has 0 aliphatic rings. The average molecular weight is 289 g/mol. The maximum Gasteiger partial charge on any atom is 0.179 e. The van der Waals surface area contributed by atoms with E-state index >= 15 is 0 Å². The second-order valence-electron chi connectivity index (χ2n) is 8.17. The van der Waals surface area contributed by atoms with Crippen molar-refractivity contribution in [2.24, 2.45) is 5.41 Å². The number of Topliss-reactive ketones (excluding diaryl/α,β-unsaturated/α-hetero) is 1. The topological polar surface area (TPSA) is 29.1 Å². The highest BCUT2D eigenvalue weighted by Gasteiger charge is 2.29. The van der Waals surface area contributed by atoms with Crippen molar-refractivity contribution in [1.29, 1.82) is 0 Å². The average Bonchev–Trinajstić information content (AvgIpc) is 2.23. The second kappa shape index (κ2) is 6.31. The van der Waals surface area contributed by atoms with Gasteiger partial charge in [0.05, 0.1) is 6.04 Å². The normalized spacial score (nSPS) is 14.1. The van der Waals surface area contributed by atoms with E-state index in [4.69, 9.17) is 0 Å². The summed E-state index contributed by atoms with van der Waals surface area (Å²) in [6, 6.07) is 5.85. The predicted octanol–water partition coefficient (Wildman–Crippen LogP) is 4.68. The van der Waals surface area contributed by atoms with E-state index in [0.717, 1.165) is 17.5 Å². The summed E-state index contributed by atoms with van der Waals surface area (Å²) in [4.78, 5) is 12.7. The van der Waals surface area contributed by atoms with Crippen LogP contribution in [0.1, 0.15) is 69.4 Å². The number of rotatable bonds is 5. The van der Waals surface area contributed by atoms with Crippen molar-refractivity contribution in [1.82, 2.24) is 5.32 Å². The number of ketones is 1. The zero-order chi connectivity index (χ0) is 16.4. The number of benzene rings is 1. The molecule has 2 heteroatoms. The molecule has 0 spiro atoms. The molecule has 1 unspecified atom stereocenters. The second-order valence-corrected chi connectivity index (χ2v) is 8.17. The van der Waals surface area contributed by atoms with E-state index in [1.54, 1.807) is 0 Å². The van der Waals surface area contributed by atoms with Crippen LogP contribution in [0.4, 0.5) is 0 Å². The first kappa shape index (κ1) is 17.9. The molecule has 1 atom stereocenters. The summed E-state index contributed by atoms with van der Waals surface area (Å²) in [6.45, 7) is 17.1. The summed E-state index contributed by atoms with van der Waals surface area (Å²) in [6.07, 6.45) is 1.02. The molecule has 1 aromatic carbocycles. The van der Waals surface area contributed by atoms with Gasteiger partial charge in [0, 0.05) is 11.1 Å². The van der Waals surface area contributed by atoms with Gasteiger partial charge in [0.15, 0.2) is 5.78 Å². The van der Waals surface area contributed by atoms with Crippen LogP contribution in [0.25, 0.3) is 0 Å². The molecule has 1 aromatic rings. The van der Waals surface area contributed by atoms with Crippen LogP contribution in [0.15, 0.2) is 18.2 Å². The van der Waals surface area contributed by atoms with Crippen LogP contribution in [0, 0.1) is 19.3 Å². The van der Waals surface area contributed by atoms with Crippen LogP contribution in [-0.4, -0.2) is 17.4 Å². The highest BCUT2D eigenvalue weighted by Crippen LogP contribution is 2.27. The fraction of sp³-hybridized carbons (Fsp3) is 0.632. The molecule has 0 aromatic heterocycles. The van der Waals surface area contributed by atoms with Gasteiger partial charge < -0.3 is 5.32 Å². The van der Waals surface area contributed by atoms with E-state index in [1.807, 2.05) is 26.0 Å². The zero-order valence-corrected chi connectivity index (χ0v) is 14.9. The van der Waals surface area contributed by atoms with Gasteiger partial charge in [0.2, 0.25) is 0 Å². The van der Waals surface area contributed by atoms with Crippen molar-refractivity contribution >= 4 is 5.78 Å². The summed E-state index contributed by atoms with van der Waals surface area (Å²) >= 11 is 0. The molecule has 0 saturated carbocycles. The highest BCUT2D eigenvalue weighted by atomic mass is 16.1. The minimum absolute atomic E-state index is 0.0636. The van der Waals surface area contributed by atoms with Gasteiger partial charge in [-0.1, -0.05) is 44.5 Å². The Morgan fingerprint density at radius 1 is 1.14 bits per heavy atom. The first-order chi connectivity index (χ1) is 9.41.